The quantitative estimate of drug-likeness (QED) is 0.739. The van der Waals surface area contributed by atoms with Gasteiger partial charge in [0.2, 0.25) is 0 Å². The molecule has 1 aromatic carbocycles. The fourth-order valence-corrected chi connectivity index (χ4v) is 2.26. The van der Waals surface area contributed by atoms with Crippen LogP contribution in [0, 0.1) is 4.77 Å². The number of aromatic amines is 1. The van der Waals surface area contributed by atoms with E-state index in [0.29, 0.717) is 22.0 Å². The Bertz CT molecular complexity index is 885. The van der Waals surface area contributed by atoms with Crippen molar-refractivity contribution in [1.29, 1.82) is 0 Å². The minimum absolute atomic E-state index is 0.258. The first-order valence-corrected chi connectivity index (χ1v) is 6.62. The van der Waals surface area contributed by atoms with Crippen molar-refractivity contribution >= 4 is 35.0 Å². The van der Waals surface area contributed by atoms with Crippen LogP contribution in [0.1, 0.15) is 5.56 Å². The van der Waals surface area contributed by atoms with Crippen LogP contribution in [0.2, 0.25) is 5.02 Å². The minimum Gasteiger partial charge on any atom is -0.315 e. The van der Waals surface area contributed by atoms with Crippen LogP contribution in [0.4, 0.5) is 0 Å². The van der Waals surface area contributed by atoms with Gasteiger partial charge in [0.25, 0.3) is 5.56 Å². The zero-order valence-corrected chi connectivity index (χ0v) is 11.8. The SMILES string of the molecule is O=c1c2nccnc2[nH]c(=S)n1Cc1ccc(Cl)cc1. The molecule has 2 heterocycles. The van der Waals surface area contributed by atoms with Gasteiger partial charge < -0.3 is 4.98 Å². The summed E-state index contributed by atoms with van der Waals surface area (Å²) in [6.07, 6.45) is 2.99. The molecule has 0 aliphatic rings. The Hall–Kier alpha value is -2.05. The zero-order chi connectivity index (χ0) is 14.1. The number of H-pyrrole nitrogens is 1. The highest BCUT2D eigenvalue weighted by molar-refractivity contribution is 7.71. The van der Waals surface area contributed by atoms with Crippen molar-refractivity contribution < 1.29 is 0 Å². The van der Waals surface area contributed by atoms with E-state index in [0.717, 1.165) is 5.56 Å². The molecule has 0 fully saturated rings. The highest BCUT2D eigenvalue weighted by Crippen LogP contribution is 2.10. The van der Waals surface area contributed by atoms with Crippen LogP contribution >= 0.6 is 23.8 Å². The summed E-state index contributed by atoms with van der Waals surface area (Å²) in [5, 5.41) is 0.649. The molecule has 0 aliphatic carbocycles. The molecule has 0 bridgehead atoms. The Morgan fingerprint density at radius 2 is 1.90 bits per heavy atom. The van der Waals surface area contributed by atoms with Crippen molar-refractivity contribution in [3.63, 3.8) is 0 Å². The lowest BCUT2D eigenvalue weighted by atomic mass is 10.2. The molecule has 7 heteroatoms. The summed E-state index contributed by atoms with van der Waals surface area (Å²) in [5.41, 5.74) is 1.34. The molecule has 0 atom stereocenters. The Morgan fingerprint density at radius 3 is 2.65 bits per heavy atom. The molecule has 2 aromatic heterocycles. The third-order valence-corrected chi connectivity index (χ3v) is 3.44. The number of nitrogens with one attached hydrogen (secondary N) is 1. The van der Waals surface area contributed by atoms with Crippen molar-refractivity contribution in [1.82, 2.24) is 19.5 Å². The molecule has 20 heavy (non-hydrogen) atoms. The maximum absolute atomic E-state index is 12.4. The van der Waals surface area contributed by atoms with E-state index in [-0.39, 0.29) is 11.1 Å². The maximum Gasteiger partial charge on any atom is 0.282 e. The van der Waals surface area contributed by atoms with E-state index >= 15 is 0 Å². The molecular weight excluding hydrogens is 296 g/mol. The Morgan fingerprint density at radius 1 is 1.20 bits per heavy atom. The van der Waals surface area contributed by atoms with Gasteiger partial charge in [0.15, 0.2) is 15.9 Å². The summed E-state index contributed by atoms with van der Waals surface area (Å²) in [4.78, 5) is 23.4. The van der Waals surface area contributed by atoms with E-state index in [1.54, 1.807) is 12.1 Å². The van der Waals surface area contributed by atoms with E-state index in [2.05, 4.69) is 15.0 Å². The fraction of sp³-hybridized carbons (Fsp3) is 0.0769. The monoisotopic (exact) mass is 304 g/mol. The second kappa shape index (κ2) is 5.15. The van der Waals surface area contributed by atoms with E-state index in [1.807, 2.05) is 12.1 Å². The molecule has 3 aromatic rings. The summed E-state index contributed by atoms with van der Waals surface area (Å²) >= 11 is 11.0. The molecule has 0 saturated heterocycles. The van der Waals surface area contributed by atoms with Crippen LogP contribution in [0.3, 0.4) is 0 Å². The number of aromatic nitrogens is 4. The van der Waals surface area contributed by atoms with Gasteiger partial charge in [-0.3, -0.25) is 9.36 Å². The van der Waals surface area contributed by atoms with Gasteiger partial charge in [-0.25, -0.2) is 9.97 Å². The first-order valence-electron chi connectivity index (χ1n) is 5.83. The van der Waals surface area contributed by atoms with Gasteiger partial charge in [-0.1, -0.05) is 23.7 Å². The topological polar surface area (TPSA) is 63.6 Å². The number of rotatable bonds is 2. The molecular formula is C13H9ClN4OS. The van der Waals surface area contributed by atoms with Gasteiger partial charge in [-0.2, -0.15) is 0 Å². The summed E-state index contributed by atoms with van der Waals surface area (Å²) in [7, 11) is 0. The molecule has 0 spiro atoms. The van der Waals surface area contributed by atoms with E-state index in [4.69, 9.17) is 23.8 Å². The first kappa shape index (κ1) is 13.0. The van der Waals surface area contributed by atoms with Crippen LogP contribution in [0.15, 0.2) is 41.5 Å². The van der Waals surface area contributed by atoms with Crippen molar-refractivity contribution in [2.75, 3.05) is 0 Å². The number of halogens is 1. The van der Waals surface area contributed by atoms with Gasteiger partial charge in [-0.05, 0) is 29.9 Å². The molecule has 0 unspecified atom stereocenters. The van der Waals surface area contributed by atoms with Crippen LogP contribution in [0.5, 0.6) is 0 Å². The lowest BCUT2D eigenvalue weighted by Crippen LogP contribution is -2.23. The number of fused-ring (bicyclic) bond motifs is 1. The van der Waals surface area contributed by atoms with Gasteiger partial charge >= 0.3 is 0 Å². The smallest absolute Gasteiger partial charge is 0.282 e. The van der Waals surface area contributed by atoms with Gasteiger partial charge in [0.1, 0.15) is 0 Å². The second-order valence-corrected chi connectivity index (χ2v) is 5.02. The molecule has 5 nitrogen and oxygen atoms in total. The fourth-order valence-electron chi connectivity index (χ4n) is 1.89. The minimum atomic E-state index is -0.258. The van der Waals surface area contributed by atoms with Gasteiger partial charge in [0, 0.05) is 17.4 Å². The van der Waals surface area contributed by atoms with E-state index < -0.39 is 0 Å². The Balaban J connectivity index is 2.14. The number of nitrogens with zero attached hydrogens (tertiary/aromatic N) is 3. The summed E-state index contributed by atoms with van der Waals surface area (Å²) in [6.45, 7) is 0.359. The summed E-state index contributed by atoms with van der Waals surface area (Å²) < 4.78 is 1.77. The Labute approximate surface area is 123 Å². The van der Waals surface area contributed by atoms with Crippen molar-refractivity contribution in [2.45, 2.75) is 6.54 Å². The zero-order valence-electron chi connectivity index (χ0n) is 10.2. The lowest BCUT2D eigenvalue weighted by molar-refractivity contribution is 0.730. The highest BCUT2D eigenvalue weighted by atomic mass is 35.5. The van der Waals surface area contributed by atoms with Gasteiger partial charge in [0.05, 0.1) is 6.54 Å². The predicted octanol–water partition coefficient (Wildman–Crippen LogP) is 2.55. The summed E-state index contributed by atoms with van der Waals surface area (Å²) in [6, 6.07) is 7.25. The molecule has 3 rings (SSSR count). The number of benzene rings is 1. The highest BCUT2D eigenvalue weighted by Gasteiger charge is 2.07. The average Bonchev–Trinajstić information content (AvgIpc) is 2.45. The third kappa shape index (κ3) is 2.35. The molecule has 0 aliphatic heterocycles. The molecule has 0 radical (unpaired) electrons. The predicted molar refractivity (Wildman–Crippen MR) is 79.5 cm³/mol. The van der Waals surface area contributed by atoms with Crippen molar-refractivity contribution in [2.24, 2.45) is 0 Å². The lowest BCUT2D eigenvalue weighted by Gasteiger charge is -2.07. The molecule has 0 amide bonds. The Kier molecular flexibility index (Phi) is 3.33. The van der Waals surface area contributed by atoms with Crippen molar-refractivity contribution in [3.8, 4) is 0 Å². The number of hydrogen-bond donors (Lipinski definition) is 1. The molecule has 0 saturated carbocycles. The van der Waals surface area contributed by atoms with Crippen molar-refractivity contribution in [3.05, 3.63) is 62.4 Å². The second-order valence-electron chi connectivity index (χ2n) is 4.20. The van der Waals surface area contributed by atoms with Crippen LogP contribution in [0.25, 0.3) is 11.2 Å². The normalized spacial score (nSPS) is 10.8. The third-order valence-electron chi connectivity index (χ3n) is 2.87. The van der Waals surface area contributed by atoms with Crippen LogP contribution in [-0.4, -0.2) is 19.5 Å². The van der Waals surface area contributed by atoms with Gasteiger partial charge in [-0.15, -0.1) is 0 Å². The largest absolute Gasteiger partial charge is 0.315 e. The number of hydrogen-bond acceptors (Lipinski definition) is 4. The average molecular weight is 305 g/mol. The van der Waals surface area contributed by atoms with E-state index in [1.165, 1.54) is 17.0 Å². The maximum atomic E-state index is 12.4. The van der Waals surface area contributed by atoms with E-state index in [9.17, 15) is 4.79 Å². The summed E-state index contributed by atoms with van der Waals surface area (Å²) in [5.74, 6) is 0. The standard InChI is InChI=1S/C13H9ClN4OS/c14-9-3-1-8(2-4-9)7-18-12(19)10-11(17-13(18)20)16-6-5-15-10/h1-6H,7H2,(H,16,17,20). The van der Waals surface area contributed by atoms with Crippen LogP contribution in [-0.2, 0) is 6.54 Å². The van der Waals surface area contributed by atoms with Crippen LogP contribution < -0.4 is 5.56 Å². The molecule has 100 valence electrons. The molecule has 1 N–H and O–H groups in total. The first-order chi connectivity index (χ1) is 9.65.